The topological polar surface area (TPSA) is 122 Å². The van der Waals surface area contributed by atoms with Crippen molar-refractivity contribution in [1.82, 2.24) is 0 Å². The predicted octanol–water partition coefficient (Wildman–Crippen LogP) is 1.92. The first-order valence-electron chi connectivity index (χ1n) is 6.37. The van der Waals surface area contributed by atoms with Crippen molar-refractivity contribution in [2.75, 3.05) is 7.11 Å². The summed E-state index contributed by atoms with van der Waals surface area (Å²) in [7, 11) is 1.29. The van der Waals surface area contributed by atoms with Crippen molar-refractivity contribution in [3.8, 4) is 11.5 Å². The van der Waals surface area contributed by atoms with E-state index in [0.29, 0.717) is 0 Å². The predicted molar refractivity (Wildman–Crippen MR) is 79.6 cm³/mol. The van der Waals surface area contributed by atoms with Crippen molar-refractivity contribution in [3.63, 3.8) is 0 Å². The van der Waals surface area contributed by atoms with Gasteiger partial charge in [0.15, 0.2) is 5.75 Å². The van der Waals surface area contributed by atoms with Gasteiger partial charge in [-0.1, -0.05) is 0 Å². The summed E-state index contributed by atoms with van der Waals surface area (Å²) in [5.41, 5.74) is 5.03. The van der Waals surface area contributed by atoms with Gasteiger partial charge in [-0.15, -0.1) is 0 Å². The van der Waals surface area contributed by atoms with Crippen LogP contribution in [-0.2, 0) is 0 Å². The molecule has 0 saturated carbocycles. The van der Waals surface area contributed by atoms with E-state index in [4.69, 9.17) is 15.2 Å². The third-order valence-corrected chi connectivity index (χ3v) is 2.96. The summed E-state index contributed by atoms with van der Waals surface area (Å²) in [4.78, 5) is 33.3. The highest BCUT2D eigenvalue weighted by atomic mass is 16.6. The van der Waals surface area contributed by atoms with E-state index in [9.17, 15) is 19.7 Å². The third kappa shape index (κ3) is 3.62. The maximum Gasteiger partial charge on any atom is 0.343 e. The quantitative estimate of drug-likeness (QED) is 0.389. The number of nitrogens with zero attached hydrogens (tertiary/aromatic N) is 1. The fraction of sp³-hybridized carbons (Fsp3) is 0.0667. The van der Waals surface area contributed by atoms with Crippen molar-refractivity contribution in [3.05, 3.63) is 63.7 Å². The zero-order chi connectivity index (χ0) is 17.0. The molecule has 23 heavy (non-hydrogen) atoms. The lowest BCUT2D eigenvalue weighted by Crippen LogP contribution is -2.11. The molecule has 0 fully saturated rings. The molecule has 0 spiro atoms. The Kier molecular flexibility index (Phi) is 4.55. The molecule has 2 rings (SSSR count). The minimum Gasteiger partial charge on any atom is -0.490 e. The molecule has 0 aliphatic carbocycles. The first kappa shape index (κ1) is 16.0. The summed E-state index contributed by atoms with van der Waals surface area (Å²) in [5, 5.41) is 10.9. The standard InChI is InChI=1S/C15H12N2O6/c1-22-13-7-4-10(8-12(13)17(20)21)15(19)23-11-5-2-9(3-6-11)14(16)18/h2-8H,1H3,(H2,16,18). The largest absolute Gasteiger partial charge is 0.490 e. The molecule has 0 aromatic heterocycles. The van der Waals surface area contributed by atoms with Gasteiger partial charge in [0.2, 0.25) is 5.91 Å². The molecule has 0 bridgehead atoms. The molecule has 0 saturated heterocycles. The van der Waals surface area contributed by atoms with Crippen molar-refractivity contribution < 1.29 is 24.0 Å². The number of ether oxygens (including phenoxy) is 2. The van der Waals surface area contributed by atoms with Gasteiger partial charge < -0.3 is 15.2 Å². The number of nitrogens with two attached hydrogens (primary N) is 1. The molecule has 0 heterocycles. The molecule has 0 atom stereocenters. The average molecular weight is 316 g/mol. The second-order valence-electron chi connectivity index (χ2n) is 4.42. The molecule has 118 valence electrons. The number of carbonyl (C=O) groups is 2. The van der Waals surface area contributed by atoms with Crippen LogP contribution in [0.4, 0.5) is 5.69 Å². The van der Waals surface area contributed by atoms with Gasteiger partial charge in [-0.25, -0.2) is 4.79 Å². The van der Waals surface area contributed by atoms with Gasteiger partial charge in [-0.05, 0) is 36.4 Å². The number of hydrogen-bond acceptors (Lipinski definition) is 6. The number of amides is 1. The fourth-order valence-electron chi connectivity index (χ4n) is 1.81. The maximum absolute atomic E-state index is 12.0. The van der Waals surface area contributed by atoms with Gasteiger partial charge in [0.05, 0.1) is 17.6 Å². The van der Waals surface area contributed by atoms with Crippen molar-refractivity contribution in [2.24, 2.45) is 5.73 Å². The summed E-state index contributed by atoms with van der Waals surface area (Å²) >= 11 is 0. The Morgan fingerprint density at radius 3 is 2.22 bits per heavy atom. The van der Waals surface area contributed by atoms with Crippen LogP contribution in [0.3, 0.4) is 0 Å². The van der Waals surface area contributed by atoms with Crippen LogP contribution in [0.1, 0.15) is 20.7 Å². The molecular formula is C15H12N2O6. The highest BCUT2D eigenvalue weighted by molar-refractivity contribution is 5.94. The van der Waals surface area contributed by atoms with Crippen molar-refractivity contribution in [1.29, 1.82) is 0 Å². The molecule has 0 aliphatic heterocycles. The van der Waals surface area contributed by atoms with E-state index >= 15 is 0 Å². The van der Waals surface area contributed by atoms with Gasteiger partial charge >= 0.3 is 11.7 Å². The van der Waals surface area contributed by atoms with E-state index in [1.165, 1.54) is 43.5 Å². The summed E-state index contributed by atoms with van der Waals surface area (Å²) < 4.78 is 9.95. The first-order chi connectivity index (χ1) is 10.9. The van der Waals surface area contributed by atoms with E-state index < -0.39 is 16.8 Å². The SMILES string of the molecule is COc1ccc(C(=O)Oc2ccc(C(N)=O)cc2)cc1[N+](=O)[O-]. The van der Waals surface area contributed by atoms with Crippen LogP contribution in [0.2, 0.25) is 0 Å². The highest BCUT2D eigenvalue weighted by Crippen LogP contribution is 2.28. The average Bonchev–Trinajstić information content (AvgIpc) is 2.54. The fourth-order valence-corrected chi connectivity index (χ4v) is 1.81. The Bertz CT molecular complexity index is 770. The molecule has 8 heteroatoms. The van der Waals surface area contributed by atoms with E-state index in [2.05, 4.69) is 0 Å². The van der Waals surface area contributed by atoms with E-state index in [0.717, 1.165) is 6.07 Å². The minimum absolute atomic E-state index is 0.00326. The number of carbonyl (C=O) groups excluding carboxylic acids is 2. The van der Waals surface area contributed by atoms with Crippen LogP contribution < -0.4 is 15.2 Å². The molecular weight excluding hydrogens is 304 g/mol. The monoisotopic (exact) mass is 316 g/mol. The molecule has 8 nitrogen and oxygen atoms in total. The van der Waals surface area contributed by atoms with Crippen molar-refractivity contribution in [2.45, 2.75) is 0 Å². The number of methoxy groups -OCH3 is 1. The Labute approximate surface area is 130 Å². The molecule has 2 aromatic carbocycles. The summed E-state index contributed by atoms with van der Waals surface area (Å²) in [6.45, 7) is 0. The Morgan fingerprint density at radius 1 is 1.09 bits per heavy atom. The second kappa shape index (κ2) is 6.56. The molecule has 1 amide bonds. The number of rotatable bonds is 5. The Hall–Kier alpha value is -3.42. The van der Waals surface area contributed by atoms with E-state index in [-0.39, 0.29) is 28.3 Å². The summed E-state index contributed by atoms with van der Waals surface area (Å²) in [5.74, 6) is -1.16. The molecule has 2 N–H and O–H groups in total. The second-order valence-corrected chi connectivity index (χ2v) is 4.42. The van der Waals surface area contributed by atoms with Crippen LogP contribution >= 0.6 is 0 Å². The van der Waals surface area contributed by atoms with E-state index in [1.54, 1.807) is 0 Å². The van der Waals surface area contributed by atoms with Crippen molar-refractivity contribution >= 4 is 17.6 Å². The van der Waals surface area contributed by atoms with Crippen LogP contribution in [-0.4, -0.2) is 23.9 Å². The molecule has 0 unspecified atom stereocenters. The summed E-state index contributed by atoms with van der Waals surface area (Å²) in [6, 6.07) is 9.34. The zero-order valence-corrected chi connectivity index (χ0v) is 12.0. The van der Waals surface area contributed by atoms with Gasteiger partial charge in [-0.3, -0.25) is 14.9 Å². The van der Waals surface area contributed by atoms with Crippen LogP contribution in [0.25, 0.3) is 0 Å². The number of primary amides is 1. The number of nitro benzene ring substituents is 1. The maximum atomic E-state index is 12.0. The third-order valence-electron chi connectivity index (χ3n) is 2.96. The number of hydrogen-bond donors (Lipinski definition) is 1. The van der Waals surface area contributed by atoms with Gasteiger partial charge in [0.25, 0.3) is 0 Å². The highest BCUT2D eigenvalue weighted by Gasteiger charge is 2.19. The number of nitro groups is 1. The van der Waals surface area contributed by atoms with Gasteiger partial charge in [-0.2, -0.15) is 0 Å². The van der Waals surface area contributed by atoms with Gasteiger partial charge in [0.1, 0.15) is 5.75 Å². The van der Waals surface area contributed by atoms with Gasteiger partial charge in [0, 0.05) is 11.6 Å². The zero-order valence-electron chi connectivity index (χ0n) is 12.0. The normalized spacial score (nSPS) is 9.96. The Morgan fingerprint density at radius 2 is 1.70 bits per heavy atom. The molecule has 0 radical (unpaired) electrons. The van der Waals surface area contributed by atoms with Crippen LogP contribution in [0.15, 0.2) is 42.5 Å². The summed E-state index contributed by atoms with van der Waals surface area (Å²) in [6.07, 6.45) is 0. The first-order valence-corrected chi connectivity index (χ1v) is 6.37. The lowest BCUT2D eigenvalue weighted by molar-refractivity contribution is -0.385. The van der Waals surface area contributed by atoms with Crippen LogP contribution in [0.5, 0.6) is 11.5 Å². The lowest BCUT2D eigenvalue weighted by Gasteiger charge is -2.06. The lowest BCUT2D eigenvalue weighted by atomic mass is 10.2. The van der Waals surface area contributed by atoms with E-state index in [1.807, 2.05) is 0 Å². The molecule has 2 aromatic rings. The minimum atomic E-state index is -0.775. The smallest absolute Gasteiger partial charge is 0.343 e. The van der Waals surface area contributed by atoms with Crippen LogP contribution in [0, 0.1) is 10.1 Å². The number of benzene rings is 2. The Balaban J connectivity index is 2.22. The molecule has 0 aliphatic rings. The number of esters is 1.